The first-order valence-corrected chi connectivity index (χ1v) is 6.11. The van der Waals surface area contributed by atoms with Crippen molar-refractivity contribution in [2.24, 2.45) is 0 Å². The highest BCUT2D eigenvalue weighted by molar-refractivity contribution is 6.35. The summed E-state index contributed by atoms with van der Waals surface area (Å²) in [5.74, 6) is 0. The van der Waals surface area contributed by atoms with Crippen molar-refractivity contribution in [3.05, 3.63) is 45.9 Å². The van der Waals surface area contributed by atoms with Gasteiger partial charge in [-0.25, -0.2) is 9.67 Å². The summed E-state index contributed by atoms with van der Waals surface area (Å²) < 4.78 is 1.61. The van der Waals surface area contributed by atoms with Crippen LogP contribution in [0.25, 0.3) is 16.7 Å². The molecule has 2 heterocycles. The quantitative estimate of drug-likeness (QED) is 0.507. The Kier molecular flexibility index (Phi) is 2.86. The summed E-state index contributed by atoms with van der Waals surface area (Å²) >= 11 is 17.7. The second-order valence-corrected chi connectivity index (χ2v) is 4.69. The van der Waals surface area contributed by atoms with Gasteiger partial charge in [0, 0.05) is 5.02 Å². The molecular weight excluding hydrogens is 295 g/mol. The molecule has 0 atom stereocenters. The lowest BCUT2D eigenvalue weighted by Gasteiger charge is -2.03. The van der Waals surface area contributed by atoms with Crippen LogP contribution in [0.5, 0.6) is 0 Å². The lowest BCUT2D eigenvalue weighted by atomic mass is 10.3. The van der Waals surface area contributed by atoms with Gasteiger partial charge in [-0.2, -0.15) is 10.1 Å². The normalized spacial score (nSPS) is 11.1. The third-order valence-electron chi connectivity index (χ3n) is 2.41. The molecule has 18 heavy (non-hydrogen) atoms. The van der Waals surface area contributed by atoms with E-state index in [1.807, 2.05) is 12.1 Å². The van der Waals surface area contributed by atoms with Gasteiger partial charge in [0.05, 0.1) is 17.3 Å². The fraction of sp³-hybridized carbons (Fsp3) is 0. The zero-order chi connectivity index (χ0) is 12.7. The molecule has 0 saturated carbocycles. The molecule has 0 aliphatic rings. The van der Waals surface area contributed by atoms with E-state index in [4.69, 9.17) is 34.8 Å². The van der Waals surface area contributed by atoms with Crippen molar-refractivity contribution in [2.45, 2.75) is 0 Å². The van der Waals surface area contributed by atoms with Crippen LogP contribution in [0.3, 0.4) is 0 Å². The Morgan fingerprint density at radius 3 is 2.67 bits per heavy atom. The van der Waals surface area contributed by atoms with Gasteiger partial charge in [-0.1, -0.05) is 29.3 Å². The molecule has 0 amide bonds. The van der Waals surface area contributed by atoms with E-state index in [2.05, 4.69) is 15.1 Å². The fourth-order valence-corrected chi connectivity index (χ4v) is 2.25. The molecular formula is C11H5Cl3N4. The minimum atomic E-state index is 0.0799. The first-order valence-electron chi connectivity index (χ1n) is 4.98. The molecule has 0 saturated heterocycles. The van der Waals surface area contributed by atoms with E-state index in [0.717, 1.165) is 5.69 Å². The Hall–Kier alpha value is -1.36. The SMILES string of the molecule is Clc1cccc(-n2ncc3c(Cl)nc(Cl)nc32)c1. The van der Waals surface area contributed by atoms with E-state index < -0.39 is 0 Å². The molecule has 0 spiro atoms. The number of aromatic nitrogens is 4. The van der Waals surface area contributed by atoms with Crippen molar-refractivity contribution in [2.75, 3.05) is 0 Å². The van der Waals surface area contributed by atoms with Crippen LogP contribution in [0.4, 0.5) is 0 Å². The minimum Gasteiger partial charge on any atom is -0.214 e. The molecule has 3 aromatic rings. The lowest BCUT2D eigenvalue weighted by Crippen LogP contribution is -1.98. The fourth-order valence-electron chi connectivity index (χ4n) is 1.65. The van der Waals surface area contributed by atoms with Gasteiger partial charge in [0.2, 0.25) is 5.28 Å². The van der Waals surface area contributed by atoms with Gasteiger partial charge in [0.15, 0.2) is 5.65 Å². The summed E-state index contributed by atoms with van der Waals surface area (Å²) in [7, 11) is 0. The topological polar surface area (TPSA) is 43.6 Å². The highest BCUT2D eigenvalue weighted by Gasteiger charge is 2.12. The van der Waals surface area contributed by atoms with Gasteiger partial charge in [-0.3, -0.25) is 0 Å². The van der Waals surface area contributed by atoms with E-state index in [1.165, 1.54) is 0 Å². The highest BCUT2D eigenvalue weighted by Crippen LogP contribution is 2.24. The summed E-state index contributed by atoms with van der Waals surface area (Å²) in [5, 5.41) is 5.83. The lowest BCUT2D eigenvalue weighted by molar-refractivity contribution is 0.895. The van der Waals surface area contributed by atoms with Gasteiger partial charge in [0.1, 0.15) is 5.15 Å². The van der Waals surface area contributed by atoms with Crippen molar-refractivity contribution in [1.29, 1.82) is 0 Å². The minimum absolute atomic E-state index is 0.0799. The summed E-state index contributed by atoms with van der Waals surface area (Å²) in [5.41, 5.74) is 1.32. The van der Waals surface area contributed by atoms with Gasteiger partial charge in [-0.05, 0) is 29.8 Å². The van der Waals surface area contributed by atoms with Crippen LogP contribution in [-0.2, 0) is 0 Å². The molecule has 2 aromatic heterocycles. The maximum atomic E-state index is 5.98. The van der Waals surface area contributed by atoms with Gasteiger partial charge in [-0.15, -0.1) is 0 Å². The van der Waals surface area contributed by atoms with Crippen LogP contribution < -0.4 is 0 Å². The Morgan fingerprint density at radius 1 is 1.06 bits per heavy atom. The van der Waals surface area contributed by atoms with E-state index in [9.17, 15) is 0 Å². The Morgan fingerprint density at radius 2 is 1.89 bits per heavy atom. The van der Waals surface area contributed by atoms with E-state index in [0.29, 0.717) is 16.1 Å². The van der Waals surface area contributed by atoms with Crippen molar-refractivity contribution < 1.29 is 0 Å². The second kappa shape index (κ2) is 4.39. The molecule has 4 nitrogen and oxygen atoms in total. The van der Waals surface area contributed by atoms with E-state index in [1.54, 1.807) is 23.0 Å². The number of benzene rings is 1. The van der Waals surface area contributed by atoms with E-state index in [-0.39, 0.29) is 10.4 Å². The summed E-state index contributed by atoms with van der Waals surface area (Å²) in [4.78, 5) is 8.00. The third-order valence-corrected chi connectivity index (χ3v) is 3.10. The molecule has 90 valence electrons. The standard InChI is InChI=1S/C11H5Cl3N4/c12-6-2-1-3-7(4-6)18-10-8(5-15-18)9(13)16-11(14)17-10/h1-5H. The Balaban J connectivity index is 2.30. The van der Waals surface area contributed by atoms with Gasteiger partial charge >= 0.3 is 0 Å². The van der Waals surface area contributed by atoms with Crippen LogP contribution in [-0.4, -0.2) is 19.7 Å². The second-order valence-electron chi connectivity index (χ2n) is 3.56. The monoisotopic (exact) mass is 298 g/mol. The molecule has 0 unspecified atom stereocenters. The first-order chi connectivity index (χ1) is 8.65. The third kappa shape index (κ3) is 1.92. The summed E-state index contributed by atoms with van der Waals surface area (Å²) in [6, 6.07) is 7.25. The molecule has 0 fully saturated rings. The molecule has 0 aliphatic carbocycles. The largest absolute Gasteiger partial charge is 0.225 e. The predicted molar refractivity (Wildman–Crippen MR) is 71.7 cm³/mol. The van der Waals surface area contributed by atoms with Gasteiger partial charge in [0.25, 0.3) is 0 Å². The highest BCUT2D eigenvalue weighted by atomic mass is 35.5. The number of fused-ring (bicyclic) bond motifs is 1. The van der Waals surface area contributed by atoms with E-state index >= 15 is 0 Å². The summed E-state index contributed by atoms with van der Waals surface area (Å²) in [6.07, 6.45) is 1.59. The molecule has 1 aromatic carbocycles. The van der Waals surface area contributed by atoms with Crippen LogP contribution in [0, 0.1) is 0 Å². The maximum Gasteiger partial charge on any atom is 0.225 e. The Bertz CT molecular complexity index is 738. The number of nitrogens with zero attached hydrogens (tertiary/aromatic N) is 4. The number of rotatable bonds is 1. The average Bonchev–Trinajstić information content (AvgIpc) is 2.72. The van der Waals surface area contributed by atoms with Crippen LogP contribution >= 0.6 is 34.8 Å². The predicted octanol–water partition coefficient (Wildman–Crippen LogP) is 3.78. The Labute approximate surface area is 117 Å². The van der Waals surface area contributed by atoms with Gasteiger partial charge < -0.3 is 0 Å². The van der Waals surface area contributed by atoms with Crippen LogP contribution in [0.2, 0.25) is 15.5 Å². The zero-order valence-corrected chi connectivity index (χ0v) is 11.1. The van der Waals surface area contributed by atoms with Crippen molar-refractivity contribution in [3.8, 4) is 5.69 Å². The molecule has 7 heteroatoms. The molecule has 0 bridgehead atoms. The number of halogens is 3. The zero-order valence-electron chi connectivity index (χ0n) is 8.81. The van der Waals surface area contributed by atoms with Crippen molar-refractivity contribution >= 4 is 45.8 Å². The average molecular weight is 300 g/mol. The molecule has 0 radical (unpaired) electrons. The molecule has 0 aliphatic heterocycles. The van der Waals surface area contributed by atoms with Crippen molar-refractivity contribution in [3.63, 3.8) is 0 Å². The van der Waals surface area contributed by atoms with Crippen LogP contribution in [0.1, 0.15) is 0 Å². The smallest absolute Gasteiger partial charge is 0.214 e. The summed E-state index contributed by atoms with van der Waals surface area (Å²) in [6.45, 7) is 0. The van der Waals surface area contributed by atoms with Crippen LogP contribution in [0.15, 0.2) is 30.5 Å². The molecule has 0 N–H and O–H groups in total. The maximum absolute atomic E-state index is 5.98. The number of hydrogen-bond acceptors (Lipinski definition) is 3. The molecule has 3 rings (SSSR count). The first kappa shape index (κ1) is 11.7. The number of hydrogen-bond donors (Lipinski definition) is 0. The van der Waals surface area contributed by atoms with Crippen molar-refractivity contribution in [1.82, 2.24) is 19.7 Å².